The van der Waals surface area contributed by atoms with E-state index in [0.29, 0.717) is 35.8 Å². The molecule has 0 spiro atoms. The minimum Gasteiger partial charge on any atom is -0.488 e. The predicted molar refractivity (Wildman–Crippen MR) is 152 cm³/mol. The number of rotatable bonds is 10. The van der Waals surface area contributed by atoms with Crippen LogP contribution in [0.25, 0.3) is 6.08 Å². The summed E-state index contributed by atoms with van der Waals surface area (Å²) in [7, 11) is 0. The zero-order valence-corrected chi connectivity index (χ0v) is 23.1. The van der Waals surface area contributed by atoms with E-state index in [-0.39, 0.29) is 17.8 Å². The third-order valence-corrected chi connectivity index (χ3v) is 7.49. The first-order valence-corrected chi connectivity index (χ1v) is 13.6. The predicted octanol–water partition coefficient (Wildman–Crippen LogP) is 8.08. The number of allylic oxidation sites excluding steroid dienone is 1. The van der Waals surface area contributed by atoms with E-state index in [1.54, 1.807) is 0 Å². The lowest BCUT2D eigenvalue weighted by molar-refractivity contribution is 0.0978. The molecule has 0 saturated heterocycles. The Balaban J connectivity index is 1.57. The summed E-state index contributed by atoms with van der Waals surface area (Å²) in [4.78, 5) is 13.5. The molecule has 3 aromatic rings. The van der Waals surface area contributed by atoms with Crippen molar-refractivity contribution in [3.63, 3.8) is 0 Å². The molecule has 0 fully saturated rings. The number of carbonyl (C=O) groups is 1. The van der Waals surface area contributed by atoms with Gasteiger partial charge in [0, 0.05) is 17.0 Å². The van der Waals surface area contributed by atoms with Crippen molar-refractivity contribution in [2.24, 2.45) is 5.41 Å². The van der Waals surface area contributed by atoms with Gasteiger partial charge in [0.15, 0.2) is 5.78 Å². The molecule has 37 heavy (non-hydrogen) atoms. The van der Waals surface area contributed by atoms with Crippen molar-refractivity contribution >= 4 is 23.5 Å². The quantitative estimate of drug-likeness (QED) is 0.277. The Morgan fingerprint density at radius 1 is 1.05 bits per heavy atom. The van der Waals surface area contributed by atoms with Crippen LogP contribution in [-0.2, 0) is 32.5 Å². The topological polar surface area (TPSA) is 46.5 Å². The number of Topliss-reactive ketones (excluding diaryl/α,β-unsaturated/α-hetero) is 1. The molecule has 4 heteroatoms. The van der Waals surface area contributed by atoms with Crippen molar-refractivity contribution in [1.29, 1.82) is 0 Å². The van der Waals surface area contributed by atoms with Gasteiger partial charge in [-0.15, -0.1) is 0 Å². The minimum atomic E-state index is -0.0363. The molecule has 1 N–H and O–H groups in total. The number of hydrogen-bond donors (Lipinski definition) is 1. The van der Waals surface area contributed by atoms with Gasteiger partial charge >= 0.3 is 0 Å². The van der Waals surface area contributed by atoms with Crippen LogP contribution in [-0.4, -0.2) is 10.9 Å². The molecule has 1 aliphatic rings. The molecule has 0 heterocycles. The monoisotopic (exact) mass is 516 g/mol. The van der Waals surface area contributed by atoms with Crippen molar-refractivity contribution in [2.75, 3.05) is 0 Å². The summed E-state index contributed by atoms with van der Waals surface area (Å²) in [5.41, 5.74) is 8.22. The molecule has 194 valence electrons. The van der Waals surface area contributed by atoms with Gasteiger partial charge in [-0.1, -0.05) is 81.3 Å². The van der Waals surface area contributed by atoms with Gasteiger partial charge in [-0.3, -0.25) is 4.79 Å². The third-order valence-electron chi connectivity index (χ3n) is 7.14. The molecular formula is C33H37ClO3. The first-order valence-electron chi connectivity index (χ1n) is 13.2. The van der Waals surface area contributed by atoms with Crippen LogP contribution in [0.15, 0.2) is 54.6 Å². The summed E-state index contributed by atoms with van der Waals surface area (Å²) >= 11 is 6.43. The van der Waals surface area contributed by atoms with Gasteiger partial charge in [0.05, 0.1) is 12.2 Å². The van der Waals surface area contributed by atoms with Crippen molar-refractivity contribution < 1.29 is 14.6 Å². The van der Waals surface area contributed by atoms with Crippen LogP contribution >= 0.6 is 11.6 Å². The summed E-state index contributed by atoms with van der Waals surface area (Å²) in [5, 5.41) is 10.7. The number of ketones is 1. The highest BCUT2D eigenvalue weighted by atomic mass is 35.5. The Morgan fingerprint density at radius 2 is 1.84 bits per heavy atom. The maximum Gasteiger partial charge on any atom is 0.166 e. The molecule has 0 amide bonds. The number of aryl methyl sites for hydroxylation is 2. The van der Waals surface area contributed by atoms with Gasteiger partial charge < -0.3 is 9.84 Å². The fourth-order valence-corrected chi connectivity index (χ4v) is 5.37. The number of ether oxygens (including phenoxy) is 1. The van der Waals surface area contributed by atoms with E-state index in [0.717, 1.165) is 52.6 Å². The summed E-state index contributed by atoms with van der Waals surface area (Å²) in [5.74, 6) is 0.640. The number of halogens is 1. The number of aliphatic hydroxyl groups is 1. The fourth-order valence-electron chi connectivity index (χ4n) is 5.08. The maximum atomic E-state index is 13.5. The number of carbonyl (C=O) groups excluding carboxylic acids is 1. The van der Waals surface area contributed by atoms with Gasteiger partial charge in [0.2, 0.25) is 0 Å². The second-order valence-corrected chi connectivity index (χ2v) is 11.2. The second kappa shape index (κ2) is 11.7. The Hall–Kier alpha value is -2.88. The number of aliphatic hydroxyl groups excluding tert-OH is 1. The van der Waals surface area contributed by atoms with Crippen LogP contribution in [0, 0.1) is 12.3 Å². The molecule has 0 radical (unpaired) electrons. The molecule has 0 atom stereocenters. The molecule has 0 aliphatic heterocycles. The van der Waals surface area contributed by atoms with Crippen molar-refractivity contribution in [3.05, 3.63) is 104 Å². The lowest BCUT2D eigenvalue weighted by Gasteiger charge is -2.28. The number of hydrogen-bond acceptors (Lipinski definition) is 3. The zero-order valence-electron chi connectivity index (χ0n) is 22.4. The highest BCUT2D eigenvalue weighted by Gasteiger charge is 2.24. The van der Waals surface area contributed by atoms with Crippen LogP contribution in [0.2, 0.25) is 5.02 Å². The van der Waals surface area contributed by atoms with Crippen molar-refractivity contribution in [1.82, 2.24) is 0 Å². The largest absolute Gasteiger partial charge is 0.488 e. The van der Waals surface area contributed by atoms with Gasteiger partial charge in [-0.25, -0.2) is 0 Å². The van der Waals surface area contributed by atoms with Gasteiger partial charge in [-0.2, -0.15) is 0 Å². The second-order valence-electron chi connectivity index (χ2n) is 10.8. The average molecular weight is 517 g/mol. The molecule has 0 bridgehead atoms. The highest BCUT2D eigenvalue weighted by Crippen LogP contribution is 2.35. The summed E-state index contributed by atoms with van der Waals surface area (Å²) in [6.07, 6.45) is 8.20. The highest BCUT2D eigenvalue weighted by molar-refractivity contribution is 6.31. The lowest BCUT2D eigenvalue weighted by Crippen LogP contribution is -2.17. The third kappa shape index (κ3) is 6.52. The first kappa shape index (κ1) is 27.2. The Morgan fingerprint density at radius 3 is 2.57 bits per heavy atom. The van der Waals surface area contributed by atoms with Crippen LogP contribution in [0.5, 0.6) is 5.75 Å². The SMILES string of the molecule is CCCc1ccc(C(=O)CCc2c(CO)ccc3c2C=CC(C)(C)C3)c(OCc2ccc(C)cc2Cl)c1. The smallest absolute Gasteiger partial charge is 0.166 e. The number of benzene rings is 3. The molecule has 3 nitrogen and oxygen atoms in total. The molecule has 4 rings (SSSR count). The molecule has 0 saturated carbocycles. The van der Waals surface area contributed by atoms with Crippen molar-refractivity contribution in [2.45, 2.75) is 73.0 Å². The van der Waals surface area contributed by atoms with E-state index in [4.69, 9.17) is 16.3 Å². The summed E-state index contributed by atoms with van der Waals surface area (Å²) in [6.45, 7) is 8.86. The minimum absolute atomic E-state index is 0.0363. The zero-order chi connectivity index (χ0) is 26.6. The van der Waals surface area contributed by atoms with Crippen molar-refractivity contribution in [3.8, 4) is 5.75 Å². The van der Waals surface area contributed by atoms with Crippen LogP contribution in [0.4, 0.5) is 0 Å². The van der Waals surface area contributed by atoms with Gasteiger partial charge in [0.25, 0.3) is 0 Å². The lowest BCUT2D eigenvalue weighted by atomic mass is 9.77. The van der Waals surface area contributed by atoms with Crippen LogP contribution in [0.1, 0.15) is 82.9 Å². The first-order chi connectivity index (χ1) is 17.7. The van der Waals surface area contributed by atoms with Crippen LogP contribution < -0.4 is 4.74 Å². The Labute approximate surface area is 226 Å². The fraction of sp³-hybridized carbons (Fsp3) is 0.364. The van der Waals surface area contributed by atoms with E-state index in [2.05, 4.69) is 39.0 Å². The van der Waals surface area contributed by atoms with E-state index in [1.165, 1.54) is 5.56 Å². The van der Waals surface area contributed by atoms with Crippen LogP contribution in [0.3, 0.4) is 0 Å². The average Bonchev–Trinajstić information content (AvgIpc) is 2.86. The van der Waals surface area contributed by atoms with E-state index < -0.39 is 0 Å². The summed E-state index contributed by atoms with van der Waals surface area (Å²) in [6, 6.07) is 15.9. The molecule has 3 aromatic carbocycles. The normalized spacial score (nSPS) is 13.9. The van der Waals surface area contributed by atoms with E-state index in [9.17, 15) is 9.90 Å². The Bertz CT molecular complexity index is 1320. The Kier molecular flexibility index (Phi) is 8.56. The maximum absolute atomic E-state index is 13.5. The molecule has 1 aliphatic carbocycles. The van der Waals surface area contributed by atoms with E-state index >= 15 is 0 Å². The summed E-state index contributed by atoms with van der Waals surface area (Å²) < 4.78 is 6.21. The van der Waals surface area contributed by atoms with Gasteiger partial charge in [-0.05, 0) is 83.2 Å². The van der Waals surface area contributed by atoms with E-state index in [1.807, 2.05) is 49.4 Å². The molecular weight excluding hydrogens is 480 g/mol. The molecule has 0 aromatic heterocycles. The van der Waals surface area contributed by atoms with Gasteiger partial charge in [0.1, 0.15) is 12.4 Å². The number of fused-ring (bicyclic) bond motifs is 1. The molecule has 0 unspecified atom stereocenters. The standard InChI is InChI=1S/C33H37ClO3/c1-5-6-23-8-12-29(32(18-23)37-21-26-9-7-22(2)17-30(26)34)31(36)14-13-27-25(20-35)11-10-24-19-33(3,4)16-15-28(24)27/h7-12,15-18,35H,5-6,13-14,19-21H2,1-4H3.